The molecular formula is C11H24ClN. The van der Waals surface area contributed by atoms with E-state index >= 15 is 0 Å². The molecule has 1 aliphatic rings. The summed E-state index contributed by atoms with van der Waals surface area (Å²) in [5, 5.41) is 0. The molecule has 2 heteroatoms. The average molecular weight is 206 g/mol. The van der Waals surface area contributed by atoms with Crippen LogP contribution in [0.25, 0.3) is 0 Å². The van der Waals surface area contributed by atoms with Gasteiger partial charge in [0.1, 0.15) is 0 Å². The molecular weight excluding hydrogens is 182 g/mol. The van der Waals surface area contributed by atoms with Crippen LogP contribution < -0.4 is 5.73 Å². The summed E-state index contributed by atoms with van der Waals surface area (Å²) in [6.45, 7) is 9.17. The topological polar surface area (TPSA) is 26.0 Å². The van der Waals surface area contributed by atoms with Gasteiger partial charge in [-0.05, 0) is 31.1 Å². The third kappa shape index (κ3) is 3.14. The molecule has 80 valence electrons. The van der Waals surface area contributed by atoms with E-state index in [0.717, 1.165) is 0 Å². The summed E-state index contributed by atoms with van der Waals surface area (Å²) in [5.74, 6) is 0.693. The van der Waals surface area contributed by atoms with Crippen molar-refractivity contribution in [2.24, 2.45) is 17.1 Å². The summed E-state index contributed by atoms with van der Waals surface area (Å²) in [6.07, 6.45) is 5.21. The Morgan fingerprint density at radius 2 is 1.77 bits per heavy atom. The Morgan fingerprint density at radius 3 is 2.08 bits per heavy atom. The van der Waals surface area contributed by atoms with Crippen LogP contribution in [0, 0.1) is 11.3 Å². The minimum absolute atomic E-state index is 0. The summed E-state index contributed by atoms with van der Waals surface area (Å²) in [7, 11) is 0. The van der Waals surface area contributed by atoms with E-state index in [2.05, 4.69) is 27.7 Å². The highest BCUT2D eigenvalue weighted by Gasteiger charge is 2.39. The van der Waals surface area contributed by atoms with E-state index in [9.17, 15) is 0 Å². The summed E-state index contributed by atoms with van der Waals surface area (Å²) in [5.41, 5.74) is 6.77. The molecule has 0 spiro atoms. The fourth-order valence-electron chi connectivity index (χ4n) is 2.78. The van der Waals surface area contributed by atoms with Crippen molar-refractivity contribution in [3.05, 3.63) is 0 Å². The lowest BCUT2D eigenvalue weighted by atomic mass is 9.63. The van der Waals surface area contributed by atoms with Gasteiger partial charge in [0.15, 0.2) is 0 Å². The van der Waals surface area contributed by atoms with Crippen molar-refractivity contribution in [1.82, 2.24) is 0 Å². The van der Waals surface area contributed by atoms with Gasteiger partial charge in [-0.15, -0.1) is 12.4 Å². The molecule has 2 unspecified atom stereocenters. The zero-order valence-electron chi connectivity index (χ0n) is 9.39. The van der Waals surface area contributed by atoms with Crippen LogP contribution in [0.1, 0.15) is 53.4 Å². The monoisotopic (exact) mass is 205 g/mol. The maximum atomic E-state index is 6.31. The Balaban J connectivity index is 0.00000144. The molecule has 0 saturated heterocycles. The minimum Gasteiger partial charge on any atom is -0.325 e. The second-order valence-electron chi connectivity index (χ2n) is 5.67. The van der Waals surface area contributed by atoms with Crippen molar-refractivity contribution >= 4 is 12.4 Å². The number of hydrogen-bond acceptors (Lipinski definition) is 1. The van der Waals surface area contributed by atoms with E-state index < -0.39 is 0 Å². The molecule has 0 aromatic carbocycles. The van der Waals surface area contributed by atoms with Crippen molar-refractivity contribution in [2.75, 3.05) is 0 Å². The maximum Gasteiger partial charge on any atom is 0.0159 e. The largest absolute Gasteiger partial charge is 0.325 e. The molecule has 0 heterocycles. The van der Waals surface area contributed by atoms with Crippen LogP contribution in [-0.4, -0.2) is 5.54 Å². The first-order valence-electron chi connectivity index (χ1n) is 5.13. The second-order valence-corrected chi connectivity index (χ2v) is 5.67. The van der Waals surface area contributed by atoms with E-state index in [1.807, 2.05) is 0 Å². The van der Waals surface area contributed by atoms with Crippen LogP contribution in [0.2, 0.25) is 0 Å². The van der Waals surface area contributed by atoms with Crippen molar-refractivity contribution in [3.63, 3.8) is 0 Å². The molecule has 1 saturated carbocycles. The molecule has 0 aromatic rings. The predicted octanol–water partition coefficient (Wildman–Crippen LogP) is 3.36. The molecule has 1 nitrogen and oxygen atoms in total. The Kier molecular flexibility index (Phi) is 4.26. The molecule has 0 bridgehead atoms. The number of rotatable bonds is 0. The van der Waals surface area contributed by atoms with Gasteiger partial charge in [-0.2, -0.15) is 0 Å². The van der Waals surface area contributed by atoms with Gasteiger partial charge in [0.2, 0.25) is 0 Å². The molecule has 1 rings (SSSR count). The van der Waals surface area contributed by atoms with Crippen LogP contribution in [0.15, 0.2) is 0 Å². The Morgan fingerprint density at radius 1 is 1.23 bits per heavy atom. The highest BCUT2D eigenvalue weighted by molar-refractivity contribution is 5.85. The zero-order chi connectivity index (χ0) is 9.41. The van der Waals surface area contributed by atoms with Gasteiger partial charge in [-0.25, -0.2) is 0 Å². The number of hydrogen-bond donors (Lipinski definition) is 1. The lowest BCUT2D eigenvalue weighted by molar-refractivity contribution is 0.0919. The van der Waals surface area contributed by atoms with Gasteiger partial charge < -0.3 is 5.73 Å². The van der Waals surface area contributed by atoms with Gasteiger partial charge in [-0.3, -0.25) is 0 Å². The highest BCUT2D eigenvalue weighted by Crippen LogP contribution is 2.42. The third-order valence-corrected chi connectivity index (χ3v) is 3.30. The van der Waals surface area contributed by atoms with Gasteiger partial charge in [-0.1, -0.05) is 33.6 Å². The van der Waals surface area contributed by atoms with Crippen LogP contribution in [0.4, 0.5) is 0 Å². The Labute approximate surface area is 88.9 Å². The first kappa shape index (κ1) is 13.2. The second kappa shape index (κ2) is 4.18. The number of nitrogens with two attached hydrogens (primary N) is 1. The van der Waals surface area contributed by atoms with Gasteiger partial charge >= 0.3 is 0 Å². The van der Waals surface area contributed by atoms with E-state index in [1.54, 1.807) is 0 Å². The molecule has 1 aliphatic carbocycles. The first-order valence-corrected chi connectivity index (χ1v) is 5.13. The molecule has 2 N–H and O–H groups in total. The van der Waals surface area contributed by atoms with E-state index in [0.29, 0.717) is 11.3 Å². The van der Waals surface area contributed by atoms with Crippen LogP contribution >= 0.6 is 12.4 Å². The first-order chi connectivity index (χ1) is 5.34. The third-order valence-electron chi connectivity index (χ3n) is 3.30. The normalized spacial score (nSPS) is 35.3. The van der Waals surface area contributed by atoms with Crippen LogP contribution in [-0.2, 0) is 0 Å². The fourth-order valence-corrected chi connectivity index (χ4v) is 2.78. The minimum atomic E-state index is 0. The summed E-state index contributed by atoms with van der Waals surface area (Å²) in [4.78, 5) is 0. The van der Waals surface area contributed by atoms with E-state index in [1.165, 1.54) is 25.7 Å². The Bertz CT molecular complexity index is 158. The van der Waals surface area contributed by atoms with E-state index in [4.69, 9.17) is 5.73 Å². The average Bonchev–Trinajstić information content (AvgIpc) is 1.83. The smallest absolute Gasteiger partial charge is 0.0159 e. The van der Waals surface area contributed by atoms with Crippen LogP contribution in [0.5, 0.6) is 0 Å². The van der Waals surface area contributed by atoms with Crippen LogP contribution in [0.3, 0.4) is 0 Å². The van der Waals surface area contributed by atoms with E-state index in [-0.39, 0.29) is 17.9 Å². The lowest BCUT2D eigenvalue weighted by Gasteiger charge is -2.46. The molecule has 13 heavy (non-hydrogen) atoms. The summed E-state index contributed by atoms with van der Waals surface area (Å²) >= 11 is 0. The van der Waals surface area contributed by atoms with Gasteiger partial charge in [0.25, 0.3) is 0 Å². The molecule has 0 aliphatic heterocycles. The number of halogens is 1. The summed E-state index contributed by atoms with van der Waals surface area (Å²) < 4.78 is 0. The van der Waals surface area contributed by atoms with Gasteiger partial charge in [0.05, 0.1) is 0 Å². The molecule has 0 amide bonds. The SMILES string of the molecule is CC(C)(C)C1CCCCC1(C)N.Cl. The zero-order valence-corrected chi connectivity index (χ0v) is 10.2. The maximum absolute atomic E-state index is 6.31. The quantitative estimate of drug-likeness (QED) is 0.645. The van der Waals surface area contributed by atoms with Crippen molar-refractivity contribution in [3.8, 4) is 0 Å². The van der Waals surface area contributed by atoms with Crippen molar-refractivity contribution < 1.29 is 0 Å². The van der Waals surface area contributed by atoms with Crippen molar-refractivity contribution in [2.45, 2.75) is 58.9 Å². The Hall–Kier alpha value is 0.250. The summed E-state index contributed by atoms with van der Waals surface area (Å²) in [6, 6.07) is 0. The standard InChI is InChI=1S/C11H23N.ClH/c1-10(2,3)9-7-5-6-8-11(9,4)12;/h9H,5-8,12H2,1-4H3;1H. The van der Waals surface area contributed by atoms with Crippen molar-refractivity contribution in [1.29, 1.82) is 0 Å². The highest BCUT2D eigenvalue weighted by atomic mass is 35.5. The molecule has 2 atom stereocenters. The molecule has 0 radical (unpaired) electrons. The molecule has 0 aromatic heterocycles. The fraction of sp³-hybridized carbons (Fsp3) is 1.00. The predicted molar refractivity (Wildman–Crippen MR) is 61.3 cm³/mol. The lowest BCUT2D eigenvalue weighted by Crippen LogP contribution is -2.51. The molecule has 1 fully saturated rings. The van der Waals surface area contributed by atoms with Gasteiger partial charge in [0, 0.05) is 5.54 Å².